The molecule has 18 heavy (non-hydrogen) atoms. The Hall–Kier alpha value is -1.89. The van der Waals surface area contributed by atoms with Crippen LogP contribution in [0.3, 0.4) is 0 Å². The first-order valence-corrected chi connectivity index (χ1v) is 4.99. The molecule has 2 aromatic rings. The summed E-state index contributed by atoms with van der Waals surface area (Å²) in [6, 6.07) is 2.50. The molecule has 8 heteroatoms. The molecule has 0 unspecified atom stereocenters. The van der Waals surface area contributed by atoms with Crippen molar-refractivity contribution in [2.24, 2.45) is 0 Å². The van der Waals surface area contributed by atoms with Crippen LogP contribution >= 0.6 is 11.6 Å². The zero-order valence-corrected chi connectivity index (χ0v) is 9.38. The van der Waals surface area contributed by atoms with Crippen molar-refractivity contribution in [2.75, 3.05) is 5.73 Å². The lowest BCUT2D eigenvalue weighted by Gasteiger charge is -2.10. The fourth-order valence-corrected chi connectivity index (χ4v) is 1.73. The molecule has 2 rings (SSSR count). The van der Waals surface area contributed by atoms with Gasteiger partial charge in [-0.2, -0.15) is 13.2 Å². The molecule has 1 heterocycles. The summed E-state index contributed by atoms with van der Waals surface area (Å²) in [5, 5.41) is 12.8. The second-order valence-electron chi connectivity index (χ2n) is 3.46. The van der Waals surface area contributed by atoms with Gasteiger partial charge in [-0.05, 0) is 12.1 Å². The Kier molecular flexibility index (Phi) is 2.86. The van der Waals surface area contributed by atoms with Gasteiger partial charge in [0.1, 0.15) is 11.4 Å². The maximum Gasteiger partial charge on any atom is 0.416 e. The van der Waals surface area contributed by atoms with E-state index in [0.29, 0.717) is 12.1 Å². The van der Waals surface area contributed by atoms with Crippen LogP contribution in [0.1, 0.15) is 5.56 Å². The monoisotopic (exact) mass is 278 g/mol. The maximum atomic E-state index is 12.5. The van der Waals surface area contributed by atoms with Gasteiger partial charge >= 0.3 is 6.18 Å². The van der Waals surface area contributed by atoms with Gasteiger partial charge < -0.3 is 15.4 Å². The van der Waals surface area contributed by atoms with Crippen molar-refractivity contribution in [3.63, 3.8) is 0 Å². The summed E-state index contributed by atoms with van der Waals surface area (Å²) in [6.07, 6.45) is -4.59. The van der Waals surface area contributed by atoms with Crippen LogP contribution in [0, 0.1) is 0 Å². The third-order valence-corrected chi connectivity index (χ3v) is 2.48. The van der Waals surface area contributed by atoms with E-state index < -0.39 is 17.5 Å². The van der Waals surface area contributed by atoms with Crippen LogP contribution in [0.15, 0.2) is 22.7 Å². The number of anilines is 1. The van der Waals surface area contributed by atoms with Crippen molar-refractivity contribution < 1.29 is 22.8 Å². The molecule has 4 nitrogen and oxygen atoms in total. The lowest BCUT2D eigenvalue weighted by Crippen LogP contribution is -2.04. The predicted molar refractivity (Wildman–Crippen MR) is 58.0 cm³/mol. The summed E-state index contributed by atoms with van der Waals surface area (Å²) in [4.78, 5) is 0. The Morgan fingerprint density at radius 2 is 1.94 bits per heavy atom. The summed E-state index contributed by atoms with van der Waals surface area (Å²) in [5.74, 6) is -0.691. The summed E-state index contributed by atoms with van der Waals surface area (Å²) in [6.45, 7) is 0. The number of aromatic hydroxyl groups is 1. The molecule has 1 aromatic heterocycles. The summed E-state index contributed by atoms with van der Waals surface area (Å²) >= 11 is 5.70. The Labute approximate surface area is 104 Å². The van der Waals surface area contributed by atoms with E-state index >= 15 is 0 Å². The molecule has 0 radical (unpaired) electrons. The number of nitrogen functional groups attached to an aromatic ring is 1. The van der Waals surface area contributed by atoms with Gasteiger partial charge in [-0.15, -0.1) is 0 Å². The second kappa shape index (κ2) is 4.09. The minimum Gasteiger partial charge on any atom is -0.507 e. The lowest BCUT2D eigenvalue weighted by atomic mass is 10.1. The van der Waals surface area contributed by atoms with E-state index in [-0.39, 0.29) is 22.2 Å². The van der Waals surface area contributed by atoms with Gasteiger partial charge in [-0.3, -0.25) is 0 Å². The third-order valence-electron chi connectivity index (χ3n) is 2.18. The third kappa shape index (κ3) is 2.21. The molecule has 0 saturated heterocycles. The number of aromatic nitrogens is 1. The molecule has 0 amide bonds. The summed E-state index contributed by atoms with van der Waals surface area (Å²) in [7, 11) is 0. The number of phenolic OH excluding ortho intramolecular Hbond substituents is 1. The quantitative estimate of drug-likeness (QED) is 0.839. The van der Waals surface area contributed by atoms with Gasteiger partial charge in [-0.25, -0.2) is 0 Å². The summed E-state index contributed by atoms with van der Waals surface area (Å²) in [5.41, 5.74) is 4.22. The van der Waals surface area contributed by atoms with Crippen molar-refractivity contribution in [1.29, 1.82) is 0 Å². The van der Waals surface area contributed by atoms with E-state index in [9.17, 15) is 18.3 Å². The minimum absolute atomic E-state index is 0.0413. The Bertz CT molecular complexity index is 572. The molecule has 1 aromatic carbocycles. The fraction of sp³-hybridized carbons (Fsp3) is 0.100. The molecule has 0 aliphatic carbocycles. The van der Waals surface area contributed by atoms with Gasteiger partial charge in [0.25, 0.3) is 0 Å². The number of alkyl halides is 3. The number of halogens is 4. The average Bonchev–Trinajstić information content (AvgIpc) is 2.62. The molecule has 0 fully saturated rings. The van der Waals surface area contributed by atoms with Crippen LogP contribution in [-0.4, -0.2) is 10.3 Å². The number of hydrogen-bond donors (Lipinski definition) is 2. The van der Waals surface area contributed by atoms with Crippen molar-refractivity contribution in [2.45, 2.75) is 6.18 Å². The second-order valence-corrected chi connectivity index (χ2v) is 3.87. The summed E-state index contributed by atoms with van der Waals surface area (Å²) < 4.78 is 41.9. The first-order chi connectivity index (χ1) is 8.29. The molecule has 96 valence electrons. The van der Waals surface area contributed by atoms with Crippen molar-refractivity contribution in [1.82, 2.24) is 5.16 Å². The van der Waals surface area contributed by atoms with Crippen LogP contribution in [0.2, 0.25) is 5.02 Å². The van der Waals surface area contributed by atoms with E-state index in [0.717, 1.165) is 0 Å². The molecule has 0 spiro atoms. The highest BCUT2D eigenvalue weighted by atomic mass is 35.5. The normalized spacial score (nSPS) is 11.8. The number of hydrogen-bond acceptors (Lipinski definition) is 4. The maximum absolute atomic E-state index is 12.5. The van der Waals surface area contributed by atoms with E-state index in [2.05, 4.69) is 9.68 Å². The van der Waals surface area contributed by atoms with Gasteiger partial charge in [0.05, 0.1) is 16.1 Å². The molecule has 0 aliphatic heterocycles. The SMILES string of the molecule is Nc1cc(-c2c(O)cc(C(F)(F)F)cc2Cl)no1. The van der Waals surface area contributed by atoms with Crippen LogP contribution in [0.4, 0.5) is 19.1 Å². The average molecular weight is 279 g/mol. The molecular weight excluding hydrogens is 273 g/mol. The Morgan fingerprint density at radius 1 is 1.28 bits per heavy atom. The number of phenols is 1. The molecule has 0 atom stereocenters. The van der Waals surface area contributed by atoms with Gasteiger partial charge in [0, 0.05) is 6.07 Å². The topological polar surface area (TPSA) is 72.3 Å². The highest BCUT2D eigenvalue weighted by molar-refractivity contribution is 6.33. The van der Waals surface area contributed by atoms with Gasteiger partial charge in [0.2, 0.25) is 5.88 Å². The Balaban J connectivity index is 2.58. The zero-order chi connectivity index (χ0) is 13.5. The highest BCUT2D eigenvalue weighted by Crippen LogP contribution is 2.41. The number of benzene rings is 1. The fourth-order valence-electron chi connectivity index (χ4n) is 1.42. The number of nitrogens with two attached hydrogens (primary N) is 1. The van der Waals surface area contributed by atoms with Gasteiger partial charge in [0.15, 0.2) is 0 Å². The van der Waals surface area contributed by atoms with E-state index in [1.807, 2.05) is 0 Å². The molecule has 0 bridgehead atoms. The van der Waals surface area contributed by atoms with E-state index in [4.69, 9.17) is 17.3 Å². The Morgan fingerprint density at radius 3 is 2.39 bits per heavy atom. The first-order valence-electron chi connectivity index (χ1n) is 4.61. The number of nitrogens with zero attached hydrogens (tertiary/aromatic N) is 1. The van der Waals surface area contributed by atoms with Crippen LogP contribution < -0.4 is 5.73 Å². The van der Waals surface area contributed by atoms with E-state index in [1.54, 1.807) is 0 Å². The highest BCUT2D eigenvalue weighted by Gasteiger charge is 2.32. The van der Waals surface area contributed by atoms with Crippen LogP contribution in [-0.2, 0) is 6.18 Å². The largest absolute Gasteiger partial charge is 0.507 e. The van der Waals surface area contributed by atoms with Crippen LogP contribution in [0.25, 0.3) is 11.3 Å². The molecule has 3 N–H and O–H groups in total. The van der Waals surface area contributed by atoms with Crippen molar-refractivity contribution in [3.05, 3.63) is 28.8 Å². The molecule has 0 aliphatic rings. The van der Waals surface area contributed by atoms with Gasteiger partial charge in [-0.1, -0.05) is 16.8 Å². The minimum atomic E-state index is -4.59. The van der Waals surface area contributed by atoms with E-state index in [1.165, 1.54) is 6.07 Å². The predicted octanol–water partition coefficient (Wildman–Crippen LogP) is 3.30. The lowest BCUT2D eigenvalue weighted by molar-refractivity contribution is -0.137. The first kappa shape index (κ1) is 12.6. The smallest absolute Gasteiger partial charge is 0.416 e. The number of rotatable bonds is 1. The van der Waals surface area contributed by atoms with Crippen molar-refractivity contribution >= 4 is 17.5 Å². The zero-order valence-electron chi connectivity index (χ0n) is 8.62. The standard InChI is InChI=1S/C10H6ClF3N2O2/c11-5-1-4(10(12,13)14)2-7(17)9(5)6-3-8(15)18-16-6/h1-3,17H,15H2. The van der Waals surface area contributed by atoms with Crippen LogP contribution in [0.5, 0.6) is 5.75 Å². The molecule has 0 saturated carbocycles. The molecular formula is C10H6ClF3N2O2. The van der Waals surface area contributed by atoms with Crippen molar-refractivity contribution in [3.8, 4) is 17.0 Å².